The predicted octanol–water partition coefficient (Wildman–Crippen LogP) is 3.32. The van der Waals surface area contributed by atoms with Gasteiger partial charge in [0, 0.05) is 5.56 Å². The Kier molecular flexibility index (Phi) is 5.58. The maximum absolute atomic E-state index is 12.2. The summed E-state index contributed by atoms with van der Waals surface area (Å²) in [5, 5.41) is 5.53. The summed E-state index contributed by atoms with van der Waals surface area (Å²) in [5.74, 6) is 0.558. The molecule has 1 unspecified atom stereocenters. The van der Waals surface area contributed by atoms with Gasteiger partial charge >= 0.3 is 0 Å². The van der Waals surface area contributed by atoms with E-state index in [0.29, 0.717) is 17.1 Å². The van der Waals surface area contributed by atoms with Crippen LogP contribution in [0.15, 0.2) is 42.5 Å². The summed E-state index contributed by atoms with van der Waals surface area (Å²) in [6.45, 7) is 8.46. The van der Waals surface area contributed by atoms with E-state index in [9.17, 15) is 9.59 Å². The third kappa shape index (κ3) is 4.63. The number of ether oxygens (including phenoxy) is 2. The summed E-state index contributed by atoms with van der Waals surface area (Å²) in [4.78, 5) is 24.5. The monoisotopic (exact) mass is 382 g/mol. The van der Waals surface area contributed by atoms with Crippen molar-refractivity contribution in [1.82, 2.24) is 10.6 Å². The van der Waals surface area contributed by atoms with Crippen molar-refractivity contribution in [3.05, 3.63) is 59.2 Å². The molecule has 1 aliphatic heterocycles. The first kappa shape index (κ1) is 19.7. The van der Waals surface area contributed by atoms with Gasteiger partial charge < -0.3 is 20.1 Å². The molecule has 1 heterocycles. The van der Waals surface area contributed by atoms with Crippen LogP contribution in [-0.2, 0) is 10.2 Å². The Morgan fingerprint density at radius 1 is 1.04 bits per heavy atom. The zero-order chi connectivity index (χ0) is 20.3. The molecule has 0 spiro atoms. The fourth-order valence-electron chi connectivity index (χ4n) is 2.95. The van der Waals surface area contributed by atoms with Crippen molar-refractivity contribution in [3.8, 4) is 11.5 Å². The molecule has 2 aromatic carbocycles. The van der Waals surface area contributed by atoms with E-state index in [1.54, 1.807) is 18.2 Å². The summed E-state index contributed by atoms with van der Waals surface area (Å²) >= 11 is 0. The van der Waals surface area contributed by atoms with Crippen LogP contribution >= 0.6 is 0 Å². The average Bonchev–Trinajstić information content (AvgIpc) is 3.13. The van der Waals surface area contributed by atoms with E-state index >= 15 is 0 Å². The topological polar surface area (TPSA) is 76.7 Å². The van der Waals surface area contributed by atoms with Crippen LogP contribution in [0.1, 0.15) is 55.2 Å². The van der Waals surface area contributed by atoms with Gasteiger partial charge in [0.1, 0.15) is 0 Å². The normalized spacial score (nSPS) is 13.7. The SMILES string of the molecule is CC(NC(=O)CNC(=O)c1ccc2c(c1)OCO2)c1ccc(C(C)(C)C)cc1. The van der Waals surface area contributed by atoms with E-state index < -0.39 is 0 Å². The zero-order valence-corrected chi connectivity index (χ0v) is 16.7. The lowest BCUT2D eigenvalue weighted by Gasteiger charge is -2.20. The molecule has 3 rings (SSSR count). The molecule has 148 valence electrons. The fourth-order valence-corrected chi connectivity index (χ4v) is 2.95. The van der Waals surface area contributed by atoms with E-state index in [2.05, 4.69) is 43.5 Å². The van der Waals surface area contributed by atoms with Crippen molar-refractivity contribution in [3.63, 3.8) is 0 Å². The van der Waals surface area contributed by atoms with Crippen LogP contribution < -0.4 is 20.1 Å². The number of fused-ring (bicyclic) bond motifs is 1. The Morgan fingerprint density at radius 2 is 1.71 bits per heavy atom. The first-order valence-corrected chi connectivity index (χ1v) is 9.32. The molecule has 6 heteroatoms. The van der Waals surface area contributed by atoms with Gasteiger partial charge in [-0.05, 0) is 41.7 Å². The summed E-state index contributed by atoms with van der Waals surface area (Å²) in [5.41, 5.74) is 2.77. The van der Waals surface area contributed by atoms with Crippen LogP contribution in [0.3, 0.4) is 0 Å². The van der Waals surface area contributed by atoms with Gasteiger partial charge in [0.2, 0.25) is 12.7 Å². The number of nitrogens with one attached hydrogen (secondary N) is 2. The van der Waals surface area contributed by atoms with Crippen LogP contribution in [0, 0.1) is 0 Å². The molecular formula is C22H26N2O4. The van der Waals surface area contributed by atoms with Crippen molar-refractivity contribution >= 4 is 11.8 Å². The van der Waals surface area contributed by atoms with E-state index in [-0.39, 0.29) is 36.6 Å². The highest BCUT2D eigenvalue weighted by atomic mass is 16.7. The molecule has 0 saturated heterocycles. The molecule has 6 nitrogen and oxygen atoms in total. The lowest BCUT2D eigenvalue weighted by molar-refractivity contribution is -0.120. The van der Waals surface area contributed by atoms with Gasteiger partial charge in [-0.3, -0.25) is 9.59 Å². The van der Waals surface area contributed by atoms with E-state index in [1.165, 1.54) is 5.56 Å². The molecule has 1 aliphatic rings. The first-order valence-electron chi connectivity index (χ1n) is 9.32. The Labute approximate surface area is 165 Å². The summed E-state index contributed by atoms with van der Waals surface area (Å²) < 4.78 is 10.5. The molecule has 2 N–H and O–H groups in total. The lowest BCUT2D eigenvalue weighted by atomic mass is 9.86. The van der Waals surface area contributed by atoms with Crippen molar-refractivity contribution in [2.24, 2.45) is 0 Å². The maximum Gasteiger partial charge on any atom is 0.251 e. The third-order valence-corrected chi connectivity index (χ3v) is 4.70. The highest BCUT2D eigenvalue weighted by Crippen LogP contribution is 2.32. The second-order valence-corrected chi connectivity index (χ2v) is 7.91. The first-order chi connectivity index (χ1) is 13.2. The second kappa shape index (κ2) is 7.92. The number of carbonyl (C=O) groups is 2. The molecule has 0 bridgehead atoms. The minimum atomic E-state index is -0.337. The summed E-state index contributed by atoms with van der Waals surface area (Å²) in [6.07, 6.45) is 0. The molecule has 0 aromatic heterocycles. The van der Waals surface area contributed by atoms with Crippen molar-refractivity contribution in [2.75, 3.05) is 13.3 Å². The highest BCUT2D eigenvalue weighted by Gasteiger charge is 2.18. The van der Waals surface area contributed by atoms with Gasteiger partial charge in [-0.1, -0.05) is 45.0 Å². The predicted molar refractivity (Wildman–Crippen MR) is 107 cm³/mol. The largest absolute Gasteiger partial charge is 0.454 e. The van der Waals surface area contributed by atoms with Crippen LogP contribution in [0.5, 0.6) is 11.5 Å². The maximum atomic E-state index is 12.2. The summed E-state index contributed by atoms with van der Waals surface area (Å²) in [6, 6.07) is 13.0. The molecule has 0 radical (unpaired) electrons. The van der Waals surface area contributed by atoms with Gasteiger partial charge in [0.15, 0.2) is 11.5 Å². The Morgan fingerprint density at radius 3 is 2.39 bits per heavy atom. The number of hydrogen-bond acceptors (Lipinski definition) is 4. The lowest BCUT2D eigenvalue weighted by Crippen LogP contribution is -2.38. The zero-order valence-electron chi connectivity index (χ0n) is 16.7. The molecule has 0 aliphatic carbocycles. The third-order valence-electron chi connectivity index (χ3n) is 4.70. The van der Waals surface area contributed by atoms with Crippen molar-refractivity contribution in [1.29, 1.82) is 0 Å². The molecule has 2 aromatic rings. The second-order valence-electron chi connectivity index (χ2n) is 7.91. The fraction of sp³-hybridized carbons (Fsp3) is 0.364. The quantitative estimate of drug-likeness (QED) is 0.832. The number of hydrogen-bond donors (Lipinski definition) is 2. The van der Waals surface area contributed by atoms with Gasteiger partial charge in [-0.2, -0.15) is 0 Å². The smallest absolute Gasteiger partial charge is 0.251 e. The van der Waals surface area contributed by atoms with E-state index in [1.807, 2.05) is 19.1 Å². The van der Waals surface area contributed by atoms with Crippen molar-refractivity contribution < 1.29 is 19.1 Å². The molecule has 0 saturated carbocycles. The van der Waals surface area contributed by atoms with E-state index in [4.69, 9.17) is 9.47 Å². The Bertz CT molecular complexity index is 869. The Hall–Kier alpha value is -3.02. The minimum absolute atomic E-state index is 0.0873. The summed E-state index contributed by atoms with van der Waals surface area (Å²) in [7, 11) is 0. The average molecular weight is 382 g/mol. The van der Waals surface area contributed by atoms with Gasteiger partial charge in [0.25, 0.3) is 5.91 Å². The molecule has 28 heavy (non-hydrogen) atoms. The molecule has 2 amide bonds. The van der Waals surface area contributed by atoms with Crippen LogP contribution in [0.4, 0.5) is 0 Å². The molecule has 1 atom stereocenters. The standard InChI is InChI=1S/C22H26N2O4/c1-14(15-5-8-17(9-6-15)22(2,3)4)24-20(25)12-23-21(26)16-7-10-18-19(11-16)28-13-27-18/h5-11,14H,12-13H2,1-4H3,(H,23,26)(H,24,25). The van der Waals surface area contributed by atoms with Crippen molar-refractivity contribution in [2.45, 2.75) is 39.2 Å². The number of rotatable bonds is 5. The highest BCUT2D eigenvalue weighted by molar-refractivity contribution is 5.97. The van der Waals surface area contributed by atoms with Gasteiger partial charge in [-0.15, -0.1) is 0 Å². The molecular weight excluding hydrogens is 356 g/mol. The van der Waals surface area contributed by atoms with Crippen LogP contribution in [0.2, 0.25) is 0 Å². The van der Waals surface area contributed by atoms with Gasteiger partial charge in [-0.25, -0.2) is 0 Å². The number of benzene rings is 2. The number of amides is 2. The number of carbonyl (C=O) groups excluding carboxylic acids is 2. The Balaban J connectivity index is 1.51. The van der Waals surface area contributed by atoms with Gasteiger partial charge in [0.05, 0.1) is 12.6 Å². The molecule has 0 fully saturated rings. The van der Waals surface area contributed by atoms with Crippen LogP contribution in [-0.4, -0.2) is 25.2 Å². The minimum Gasteiger partial charge on any atom is -0.454 e. The van der Waals surface area contributed by atoms with Crippen LogP contribution in [0.25, 0.3) is 0 Å². The van der Waals surface area contributed by atoms with E-state index in [0.717, 1.165) is 5.56 Å².